The van der Waals surface area contributed by atoms with Gasteiger partial charge in [0.25, 0.3) is 0 Å². The molecule has 2 saturated carbocycles. The van der Waals surface area contributed by atoms with E-state index in [4.69, 9.17) is 0 Å². The van der Waals surface area contributed by atoms with Gasteiger partial charge >= 0.3 is 5.97 Å². The number of rotatable bonds is 2. The number of esters is 1. The third-order valence-electron chi connectivity index (χ3n) is 3.53. The lowest BCUT2D eigenvalue weighted by molar-refractivity contribution is -0.142. The Morgan fingerprint density at radius 2 is 2.21 bits per heavy atom. The minimum absolute atomic E-state index is 0.135. The molecule has 14 heavy (non-hydrogen) atoms. The van der Waals surface area contributed by atoms with E-state index in [1.165, 1.54) is 7.11 Å². The highest BCUT2D eigenvalue weighted by Crippen LogP contribution is 2.43. The summed E-state index contributed by atoms with van der Waals surface area (Å²) >= 11 is 0. The molecule has 0 aromatic carbocycles. The average molecular weight is 196 g/mol. The van der Waals surface area contributed by atoms with E-state index in [1.807, 2.05) is 0 Å². The molecule has 0 amide bonds. The zero-order valence-corrected chi connectivity index (χ0v) is 8.49. The molecule has 0 radical (unpaired) electrons. The summed E-state index contributed by atoms with van der Waals surface area (Å²) in [4.78, 5) is 22.5. The molecule has 3 nitrogen and oxygen atoms in total. The molecule has 0 aliphatic heterocycles. The molecule has 0 aromatic rings. The molecule has 3 heteroatoms. The number of carbonyl (C=O) groups is 2. The van der Waals surface area contributed by atoms with Crippen molar-refractivity contribution in [3.05, 3.63) is 0 Å². The van der Waals surface area contributed by atoms with Crippen LogP contribution in [-0.2, 0) is 14.3 Å². The third kappa shape index (κ3) is 1.81. The Balaban J connectivity index is 1.92. The topological polar surface area (TPSA) is 43.4 Å². The Morgan fingerprint density at radius 1 is 1.43 bits per heavy atom. The molecule has 2 bridgehead atoms. The third-order valence-corrected chi connectivity index (χ3v) is 3.53. The van der Waals surface area contributed by atoms with Crippen LogP contribution >= 0.6 is 0 Å². The molecule has 0 spiro atoms. The van der Waals surface area contributed by atoms with Crippen molar-refractivity contribution in [3.63, 3.8) is 0 Å². The summed E-state index contributed by atoms with van der Waals surface area (Å²) in [6, 6.07) is 0. The minimum atomic E-state index is -0.135. The van der Waals surface area contributed by atoms with Crippen molar-refractivity contribution in [1.29, 1.82) is 0 Å². The zero-order valence-electron chi connectivity index (χ0n) is 8.49. The van der Waals surface area contributed by atoms with Gasteiger partial charge < -0.3 is 4.74 Å². The highest BCUT2D eigenvalue weighted by atomic mass is 16.5. The van der Waals surface area contributed by atoms with Crippen LogP contribution in [0, 0.1) is 17.8 Å². The molecule has 0 saturated heterocycles. The quantitative estimate of drug-likeness (QED) is 0.629. The summed E-state index contributed by atoms with van der Waals surface area (Å²) in [5, 5.41) is 0. The van der Waals surface area contributed by atoms with Crippen LogP contribution in [0.2, 0.25) is 0 Å². The molecule has 2 fully saturated rings. The predicted molar refractivity (Wildman–Crippen MR) is 50.6 cm³/mol. The second-order valence-corrected chi connectivity index (χ2v) is 4.59. The molecular weight excluding hydrogens is 180 g/mol. The van der Waals surface area contributed by atoms with E-state index in [1.54, 1.807) is 0 Å². The molecule has 2 aliphatic rings. The summed E-state index contributed by atoms with van der Waals surface area (Å²) in [5.74, 6) is 1.48. The summed E-state index contributed by atoms with van der Waals surface area (Å²) < 4.78 is 4.65. The van der Waals surface area contributed by atoms with Crippen LogP contribution in [0.4, 0.5) is 0 Å². The van der Waals surface area contributed by atoms with E-state index < -0.39 is 0 Å². The molecule has 2 rings (SSSR count). The Bertz CT molecular complexity index is 259. The summed E-state index contributed by atoms with van der Waals surface area (Å²) in [6.45, 7) is 0. The Kier molecular flexibility index (Phi) is 2.57. The molecule has 0 heterocycles. The van der Waals surface area contributed by atoms with E-state index in [0.29, 0.717) is 24.0 Å². The first kappa shape index (κ1) is 9.69. The van der Waals surface area contributed by atoms with Gasteiger partial charge in [0.2, 0.25) is 0 Å². The summed E-state index contributed by atoms with van der Waals surface area (Å²) in [5.41, 5.74) is 0. The molecule has 3 unspecified atom stereocenters. The van der Waals surface area contributed by atoms with Gasteiger partial charge in [-0.2, -0.15) is 0 Å². The van der Waals surface area contributed by atoms with E-state index in [0.717, 1.165) is 25.7 Å². The van der Waals surface area contributed by atoms with Crippen molar-refractivity contribution >= 4 is 11.8 Å². The first-order valence-corrected chi connectivity index (χ1v) is 5.28. The van der Waals surface area contributed by atoms with E-state index in [9.17, 15) is 9.59 Å². The molecule has 0 aromatic heterocycles. The fraction of sp³-hybridized carbons (Fsp3) is 0.818. The molecular formula is C11H16O3. The number of fused-ring (bicyclic) bond motifs is 2. The lowest BCUT2D eigenvalue weighted by Gasteiger charge is -2.25. The van der Waals surface area contributed by atoms with Gasteiger partial charge in [0.1, 0.15) is 5.78 Å². The van der Waals surface area contributed by atoms with Gasteiger partial charge in [-0.3, -0.25) is 9.59 Å². The van der Waals surface area contributed by atoms with Crippen LogP contribution in [0.5, 0.6) is 0 Å². The average Bonchev–Trinajstić information content (AvgIpc) is 2.41. The Morgan fingerprint density at radius 3 is 2.86 bits per heavy atom. The second kappa shape index (κ2) is 3.71. The van der Waals surface area contributed by atoms with Crippen molar-refractivity contribution in [2.24, 2.45) is 17.8 Å². The van der Waals surface area contributed by atoms with Crippen molar-refractivity contribution in [2.45, 2.75) is 32.1 Å². The SMILES string of the molecule is COC(=O)CC1CC2CC(=O)C(C1)C2. The molecule has 78 valence electrons. The van der Waals surface area contributed by atoms with Crippen LogP contribution in [0.1, 0.15) is 32.1 Å². The molecule has 0 N–H and O–H groups in total. The van der Waals surface area contributed by atoms with Crippen molar-refractivity contribution in [2.75, 3.05) is 7.11 Å². The van der Waals surface area contributed by atoms with Crippen molar-refractivity contribution < 1.29 is 14.3 Å². The fourth-order valence-electron chi connectivity index (χ4n) is 2.93. The normalized spacial score (nSPS) is 35.8. The van der Waals surface area contributed by atoms with Crippen molar-refractivity contribution in [1.82, 2.24) is 0 Å². The van der Waals surface area contributed by atoms with Crippen LogP contribution in [-0.4, -0.2) is 18.9 Å². The maximum atomic E-state index is 11.4. The highest BCUT2D eigenvalue weighted by molar-refractivity contribution is 5.83. The van der Waals surface area contributed by atoms with Crippen molar-refractivity contribution in [3.8, 4) is 0 Å². The number of Topliss-reactive ketones (excluding diaryl/α,β-unsaturated/α-hetero) is 1. The van der Waals surface area contributed by atoms with E-state index >= 15 is 0 Å². The lowest BCUT2D eigenvalue weighted by atomic mass is 9.79. The number of ketones is 1. The number of methoxy groups -OCH3 is 1. The summed E-state index contributed by atoms with van der Waals surface area (Å²) in [7, 11) is 1.42. The number of carbonyl (C=O) groups excluding carboxylic acids is 2. The maximum absolute atomic E-state index is 11.4. The van der Waals surface area contributed by atoms with Crippen LogP contribution in [0.15, 0.2) is 0 Å². The minimum Gasteiger partial charge on any atom is -0.469 e. The fourth-order valence-corrected chi connectivity index (χ4v) is 2.93. The number of ether oxygens (including phenoxy) is 1. The van der Waals surface area contributed by atoms with Gasteiger partial charge in [-0.05, 0) is 31.1 Å². The number of hydrogen-bond acceptors (Lipinski definition) is 3. The van der Waals surface area contributed by atoms with Gasteiger partial charge in [-0.25, -0.2) is 0 Å². The first-order valence-electron chi connectivity index (χ1n) is 5.28. The highest BCUT2D eigenvalue weighted by Gasteiger charge is 2.40. The van der Waals surface area contributed by atoms with Gasteiger partial charge in [0.15, 0.2) is 0 Å². The first-order chi connectivity index (χ1) is 6.69. The zero-order chi connectivity index (χ0) is 10.1. The largest absolute Gasteiger partial charge is 0.469 e. The summed E-state index contributed by atoms with van der Waals surface area (Å²) in [6.07, 6.45) is 4.26. The molecule has 3 atom stereocenters. The maximum Gasteiger partial charge on any atom is 0.305 e. The standard InChI is InChI=1S/C11H16O3/c1-14-11(13)6-8-2-7-3-9(4-8)10(12)5-7/h7-9H,2-6H2,1H3. The monoisotopic (exact) mass is 196 g/mol. The van der Waals surface area contributed by atoms with E-state index in [-0.39, 0.29) is 11.9 Å². The van der Waals surface area contributed by atoms with Crippen LogP contribution in [0.25, 0.3) is 0 Å². The van der Waals surface area contributed by atoms with Gasteiger partial charge in [-0.15, -0.1) is 0 Å². The van der Waals surface area contributed by atoms with Gasteiger partial charge in [0, 0.05) is 18.8 Å². The smallest absolute Gasteiger partial charge is 0.305 e. The van der Waals surface area contributed by atoms with E-state index in [2.05, 4.69) is 4.74 Å². The lowest BCUT2D eigenvalue weighted by Crippen LogP contribution is -2.20. The second-order valence-electron chi connectivity index (χ2n) is 4.59. The Labute approximate surface area is 83.8 Å². The predicted octanol–water partition coefficient (Wildman–Crippen LogP) is 1.55. The molecule has 2 aliphatic carbocycles. The van der Waals surface area contributed by atoms with Gasteiger partial charge in [-0.1, -0.05) is 0 Å². The Hall–Kier alpha value is -0.860. The van der Waals surface area contributed by atoms with Crippen LogP contribution in [0.3, 0.4) is 0 Å². The number of hydrogen-bond donors (Lipinski definition) is 0. The van der Waals surface area contributed by atoms with Crippen LogP contribution < -0.4 is 0 Å². The van der Waals surface area contributed by atoms with Gasteiger partial charge in [0.05, 0.1) is 7.11 Å².